The van der Waals surface area contributed by atoms with Gasteiger partial charge >= 0.3 is 6.03 Å². The van der Waals surface area contributed by atoms with Crippen LogP contribution in [0.4, 0.5) is 4.79 Å². The summed E-state index contributed by atoms with van der Waals surface area (Å²) >= 11 is 1.84. The van der Waals surface area contributed by atoms with Gasteiger partial charge in [-0.3, -0.25) is 0 Å². The molecular weight excluding hydrogens is 332 g/mol. The minimum absolute atomic E-state index is 0.0483. The summed E-state index contributed by atoms with van der Waals surface area (Å²) in [6, 6.07) is 12.5. The highest BCUT2D eigenvalue weighted by molar-refractivity contribution is 7.10. The van der Waals surface area contributed by atoms with Crippen molar-refractivity contribution >= 4 is 17.4 Å². The average Bonchev–Trinajstić information content (AvgIpc) is 3.14. The van der Waals surface area contributed by atoms with E-state index in [1.807, 2.05) is 34.4 Å². The first-order valence-corrected chi connectivity index (χ1v) is 9.92. The van der Waals surface area contributed by atoms with Crippen LogP contribution >= 0.6 is 11.3 Å². The predicted molar refractivity (Wildman–Crippen MR) is 100 cm³/mol. The molecule has 3 heterocycles. The van der Waals surface area contributed by atoms with Crippen LogP contribution in [0.15, 0.2) is 41.8 Å². The fraction of sp³-hybridized carbons (Fsp3) is 0.450. The highest BCUT2D eigenvalue weighted by Gasteiger charge is 2.42. The Morgan fingerprint density at radius 2 is 2.00 bits per heavy atom. The molecule has 1 aromatic heterocycles. The van der Waals surface area contributed by atoms with E-state index in [1.165, 1.54) is 16.0 Å². The van der Waals surface area contributed by atoms with Gasteiger partial charge in [0.15, 0.2) is 0 Å². The normalized spacial score (nSPS) is 18.8. The third-order valence-corrected chi connectivity index (χ3v) is 6.32. The van der Waals surface area contributed by atoms with E-state index in [9.17, 15) is 4.79 Å². The first-order chi connectivity index (χ1) is 12.3. The summed E-state index contributed by atoms with van der Waals surface area (Å²) in [7, 11) is 0. The number of amides is 2. The summed E-state index contributed by atoms with van der Waals surface area (Å²) < 4.78 is 6.21. The maximum Gasteiger partial charge on any atom is 0.317 e. The molecule has 0 atom stereocenters. The number of thiophene rings is 1. The number of benzene rings is 1. The summed E-state index contributed by atoms with van der Waals surface area (Å²) in [6.45, 7) is 2.99. The van der Waals surface area contributed by atoms with Crippen LogP contribution in [0.3, 0.4) is 0 Å². The number of urea groups is 1. The maximum atomic E-state index is 12.4. The van der Waals surface area contributed by atoms with Crippen molar-refractivity contribution in [3.8, 4) is 0 Å². The van der Waals surface area contributed by atoms with Crippen LogP contribution in [0.25, 0.3) is 0 Å². The number of hydrogen-bond acceptors (Lipinski definition) is 3. The van der Waals surface area contributed by atoms with E-state index in [4.69, 9.17) is 4.74 Å². The number of fused-ring (bicyclic) bond motifs is 2. The molecule has 132 valence electrons. The Labute approximate surface area is 152 Å². The lowest BCUT2D eigenvalue weighted by molar-refractivity contribution is -0.0916. The number of nitrogens with one attached hydrogen (secondary N) is 1. The molecule has 4 rings (SSSR count). The second-order valence-electron chi connectivity index (χ2n) is 6.80. The van der Waals surface area contributed by atoms with E-state index in [0.29, 0.717) is 6.54 Å². The molecule has 2 aliphatic heterocycles. The van der Waals surface area contributed by atoms with E-state index in [2.05, 4.69) is 28.9 Å². The standard InChI is InChI=1S/C20H24N2O2S/c23-19(21-11-6-16-4-2-1-3-5-16)22-12-9-20(10-13-22)17-8-15-25-18(17)7-14-24-20/h1-5,8,15H,6-7,9-14H2,(H,21,23). The van der Waals surface area contributed by atoms with Crippen LogP contribution in [0, 0.1) is 0 Å². The number of likely N-dealkylation sites (tertiary alicyclic amines) is 1. The molecule has 4 nitrogen and oxygen atoms in total. The van der Waals surface area contributed by atoms with Crippen LogP contribution in [0.1, 0.15) is 28.8 Å². The van der Waals surface area contributed by atoms with Gasteiger partial charge in [0, 0.05) is 30.9 Å². The highest BCUT2D eigenvalue weighted by Crippen LogP contribution is 2.43. The summed E-state index contributed by atoms with van der Waals surface area (Å²) in [5.41, 5.74) is 2.46. The van der Waals surface area contributed by atoms with Gasteiger partial charge in [-0.2, -0.15) is 0 Å². The van der Waals surface area contributed by atoms with Crippen molar-refractivity contribution in [3.63, 3.8) is 0 Å². The lowest BCUT2D eigenvalue weighted by Gasteiger charge is -2.44. The second-order valence-corrected chi connectivity index (χ2v) is 7.81. The Balaban J connectivity index is 1.30. The predicted octanol–water partition coefficient (Wildman–Crippen LogP) is 3.56. The van der Waals surface area contributed by atoms with Crippen molar-refractivity contribution in [2.45, 2.75) is 31.3 Å². The second kappa shape index (κ2) is 7.18. The Kier molecular flexibility index (Phi) is 4.77. The molecule has 0 unspecified atom stereocenters. The van der Waals surface area contributed by atoms with E-state index < -0.39 is 0 Å². The third-order valence-electron chi connectivity index (χ3n) is 5.33. The number of hydrogen-bond donors (Lipinski definition) is 1. The Morgan fingerprint density at radius 1 is 1.20 bits per heavy atom. The summed E-state index contributed by atoms with van der Waals surface area (Å²) in [4.78, 5) is 15.8. The summed E-state index contributed by atoms with van der Waals surface area (Å²) in [5, 5.41) is 5.22. The average molecular weight is 356 g/mol. The molecule has 2 amide bonds. The third kappa shape index (κ3) is 3.44. The van der Waals surface area contributed by atoms with Gasteiger partial charge in [0.05, 0.1) is 12.2 Å². The lowest BCUT2D eigenvalue weighted by Crippen LogP contribution is -2.50. The van der Waals surface area contributed by atoms with Gasteiger partial charge in [-0.15, -0.1) is 11.3 Å². The van der Waals surface area contributed by atoms with Gasteiger partial charge in [-0.05, 0) is 41.8 Å². The van der Waals surface area contributed by atoms with Gasteiger partial charge in [0.25, 0.3) is 0 Å². The molecule has 1 fully saturated rings. The van der Waals surface area contributed by atoms with Gasteiger partial charge in [-0.25, -0.2) is 4.79 Å². The minimum atomic E-state index is -0.158. The highest BCUT2D eigenvalue weighted by atomic mass is 32.1. The first kappa shape index (κ1) is 16.6. The summed E-state index contributed by atoms with van der Waals surface area (Å²) in [6.07, 6.45) is 3.68. The number of carbonyl (C=O) groups is 1. The van der Waals surface area contributed by atoms with Crippen LogP contribution in [0.2, 0.25) is 0 Å². The molecular formula is C20H24N2O2S. The zero-order valence-electron chi connectivity index (χ0n) is 14.4. The molecule has 0 aliphatic carbocycles. The number of rotatable bonds is 3. The van der Waals surface area contributed by atoms with E-state index in [-0.39, 0.29) is 11.6 Å². The van der Waals surface area contributed by atoms with E-state index >= 15 is 0 Å². The van der Waals surface area contributed by atoms with Crippen LogP contribution in [-0.2, 0) is 23.2 Å². The number of carbonyl (C=O) groups excluding carboxylic acids is 1. The van der Waals surface area contributed by atoms with E-state index in [0.717, 1.165) is 45.4 Å². The molecule has 5 heteroatoms. The molecule has 2 aromatic rings. The molecule has 1 spiro atoms. The van der Waals surface area contributed by atoms with Gasteiger partial charge < -0.3 is 15.0 Å². The SMILES string of the molecule is O=C(NCCc1ccccc1)N1CCC2(CC1)OCCc1sccc12. The zero-order valence-corrected chi connectivity index (χ0v) is 15.2. The number of piperidine rings is 1. The van der Waals surface area contributed by atoms with Crippen LogP contribution < -0.4 is 5.32 Å². The monoisotopic (exact) mass is 356 g/mol. The quantitative estimate of drug-likeness (QED) is 0.913. The fourth-order valence-corrected chi connectivity index (χ4v) is 4.86. The lowest BCUT2D eigenvalue weighted by atomic mass is 9.82. The largest absolute Gasteiger partial charge is 0.370 e. The first-order valence-electron chi connectivity index (χ1n) is 9.04. The van der Waals surface area contributed by atoms with Crippen molar-refractivity contribution in [1.82, 2.24) is 10.2 Å². The molecule has 0 radical (unpaired) electrons. The van der Waals surface area contributed by atoms with Crippen LogP contribution in [-0.4, -0.2) is 37.2 Å². The van der Waals surface area contributed by atoms with Crippen molar-refractivity contribution in [3.05, 3.63) is 57.8 Å². The smallest absolute Gasteiger partial charge is 0.317 e. The van der Waals surface area contributed by atoms with Crippen molar-refractivity contribution in [2.24, 2.45) is 0 Å². The van der Waals surface area contributed by atoms with Gasteiger partial charge in [0.1, 0.15) is 0 Å². The number of ether oxygens (including phenoxy) is 1. The number of nitrogens with zero attached hydrogens (tertiary/aromatic N) is 1. The molecule has 1 aromatic carbocycles. The maximum absolute atomic E-state index is 12.4. The van der Waals surface area contributed by atoms with Crippen molar-refractivity contribution in [1.29, 1.82) is 0 Å². The topological polar surface area (TPSA) is 41.6 Å². The van der Waals surface area contributed by atoms with Crippen molar-refractivity contribution < 1.29 is 9.53 Å². The minimum Gasteiger partial charge on any atom is -0.370 e. The van der Waals surface area contributed by atoms with Crippen molar-refractivity contribution in [2.75, 3.05) is 26.2 Å². The molecule has 1 saturated heterocycles. The molecule has 2 aliphatic rings. The van der Waals surface area contributed by atoms with Crippen LogP contribution in [0.5, 0.6) is 0 Å². The molecule has 0 bridgehead atoms. The Bertz CT molecular complexity index is 720. The summed E-state index contributed by atoms with van der Waals surface area (Å²) in [5.74, 6) is 0. The van der Waals surface area contributed by atoms with E-state index in [1.54, 1.807) is 0 Å². The molecule has 25 heavy (non-hydrogen) atoms. The Hall–Kier alpha value is -1.85. The van der Waals surface area contributed by atoms with Gasteiger partial charge in [-0.1, -0.05) is 30.3 Å². The van der Waals surface area contributed by atoms with Gasteiger partial charge in [0.2, 0.25) is 0 Å². The Morgan fingerprint density at radius 3 is 2.80 bits per heavy atom. The molecule has 0 saturated carbocycles. The fourth-order valence-electron chi connectivity index (χ4n) is 3.91. The molecule has 1 N–H and O–H groups in total. The zero-order chi connectivity index (χ0) is 17.1.